The number of hydrogen-bond acceptors (Lipinski definition) is 11. The normalized spacial score (nSPS) is 22.8. The van der Waals surface area contributed by atoms with Gasteiger partial charge < -0.3 is 29.5 Å². The van der Waals surface area contributed by atoms with Gasteiger partial charge in [0.05, 0.1) is 60.4 Å². The lowest BCUT2D eigenvalue weighted by atomic mass is 9.73. The molecule has 3 fully saturated rings. The molecule has 0 radical (unpaired) electrons. The summed E-state index contributed by atoms with van der Waals surface area (Å²) in [5.74, 6) is 0.724. The quantitative estimate of drug-likeness (QED) is 0.271. The van der Waals surface area contributed by atoms with Gasteiger partial charge in [-0.1, -0.05) is 23.4 Å². The molecule has 7 rings (SSSR count). The van der Waals surface area contributed by atoms with Crippen LogP contribution in [0.4, 0.5) is 10.6 Å². The number of carboxylic acid groups (broad SMARTS) is 1. The molecule has 0 aliphatic carbocycles. The Bertz CT molecular complexity index is 1860. The maximum absolute atomic E-state index is 13.3. The molecule has 4 aromatic rings. The van der Waals surface area contributed by atoms with Crippen molar-refractivity contribution in [2.75, 3.05) is 44.9 Å². The third-order valence-electron chi connectivity index (χ3n) is 9.55. The maximum Gasteiger partial charge on any atom is 0.404 e. The second-order valence-electron chi connectivity index (χ2n) is 12.4. The van der Waals surface area contributed by atoms with Crippen LogP contribution in [0.15, 0.2) is 39.4 Å². The molecule has 16 heteroatoms. The van der Waals surface area contributed by atoms with Crippen LogP contribution in [0.25, 0.3) is 22.1 Å². The van der Waals surface area contributed by atoms with Crippen molar-refractivity contribution < 1.29 is 24.1 Å². The van der Waals surface area contributed by atoms with Gasteiger partial charge >= 0.3 is 6.09 Å². The first-order valence-electron chi connectivity index (χ1n) is 15.9. The van der Waals surface area contributed by atoms with Crippen molar-refractivity contribution in [1.82, 2.24) is 34.6 Å². The number of piperidine rings is 1. The van der Waals surface area contributed by atoms with Gasteiger partial charge in [-0.25, -0.2) is 24.4 Å². The summed E-state index contributed by atoms with van der Waals surface area (Å²) < 4.78 is 20.5. The van der Waals surface area contributed by atoms with Gasteiger partial charge in [-0.3, -0.25) is 9.36 Å². The van der Waals surface area contributed by atoms with Crippen LogP contribution in [0.1, 0.15) is 45.3 Å². The van der Waals surface area contributed by atoms with E-state index in [1.807, 2.05) is 17.7 Å². The summed E-state index contributed by atoms with van der Waals surface area (Å²) in [6.07, 6.45) is 6.11. The molecule has 2 N–H and O–H groups in total. The SMILES string of the molecule is COCCn1cnc2ccc(Sc3nn(C4CCCCO4)c4nc(N5CCC6(CC5)CO[C@@H](C)[C@H]6NC(=O)O)cnc34)c(Cl)c2c1=O. The Morgan fingerprint density at radius 1 is 1.23 bits per heavy atom. The number of methoxy groups -OCH3 is 1. The molecule has 1 amide bonds. The zero-order valence-corrected chi connectivity index (χ0v) is 27.8. The Labute approximate surface area is 279 Å². The van der Waals surface area contributed by atoms with Gasteiger partial charge in [0.15, 0.2) is 16.9 Å². The first-order chi connectivity index (χ1) is 22.8. The molecule has 6 heterocycles. The zero-order valence-electron chi connectivity index (χ0n) is 26.2. The standard InChI is InChI=1S/C31H37ClN8O6S/c1-18-26(36-30(42)43)31(16-46-18)8-10-38(11-9-31)21-15-33-25-27(35-21)40(22-5-3-4-13-45-22)37-28(25)47-20-7-6-19-23(24(20)32)29(41)39(17-34-19)12-14-44-2/h6-7,15,17-18,22,26,36H,3-5,8-14,16H2,1-2H3,(H,42,43)/t18-,22?,26+/m0/s1. The third kappa shape index (κ3) is 6.03. The number of rotatable bonds is 8. The van der Waals surface area contributed by atoms with Crippen LogP contribution >= 0.6 is 23.4 Å². The van der Waals surface area contributed by atoms with E-state index in [-0.39, 0.29) is 29.3 Å². The molecule has 3 atom stereocenters. The second kappa shape index (κ2) is 13.2. The molecule has 0 saturated carbocycles. The number of aromatic nitrogens is 6. The van der Waals surface area contributed by atoms with Crippen molar-refractivity contribution in [2.24, 2.45) is 5.41 Å². The summed E-state index contributed by atoms with van der Waals surface area (Å²) >= 11 is 8.21. The van der Waals surface area contributed by atoms with E-state index in [4.69, 9.17) is 40.9 Å². The fourth-order valence-corrected chi connectivity index (χ4v) is 8.21. The number of nitrogens with one attached hydrogen (secondary N) is 1. The molecule has 0 bridgehead atoms. The highest BCUT2D eigenvalue weighted by atomic mass is 35.5. The lowest BCUT2D eigenvalue weighted by molar-refractivity contribution is -0.0376. The molecule has 1 aromatic carbocycles. The molecule has 3 saturated heterocycles. The lowest BCUT2D eigenvalue weighted by Crippen LogP contribution is -2.54. The molecule has 1 unspecified atom stereocenters. The minimum Gasteiger partial charge on any atom is -0.465 e. The van der Waals surface area contributed by atoms with E-state index in [9.17, 15) is 14.7 Å². The molecular formula is C31H37ClN8O6S. The fraction of sp³-hybridized carbons (Fsp3) is 0.548. The molecule has 3 aliphatic heterocycles. The lowest BCUT2D eigenvalue weighted by Gasteiger charge is -2.42. The third-order valence-corrected chi connectivity index (χ3v) is 11.1. The molecular weight excluding hydrogens is 648 g/mol. The summed E-state index contributed by atoms with van der Waals surface area (Å²) in [7, 11) is 1.58. The van der Waals surface area contributed by atoms with E-state index < -0.39 is 6.09 Å². The van der Waals surface area contributed by atoms with Crippen molar-refractivity contribution in [2.45, 2.75) is 73.9 Å². The predicted molar refractivity (Wildman–Crippen MR) is 175 cm³/mol. The van der Waals surface area contributed by atoms with Gasteiger partial charge in [0, 0.05) is 37.1 Å². The van der Waals surface area contributed by atoms with Crippen molar-refractivity contribution in [3.63, 3.8) is 0 Å². The maximum atomic E-state index is 13.3. The Hall–Kier alpha value is -3.50. The Balaban J connectivity index is 1.20. The van der Waals surface area contributed by atoms with Gasteiger partial charge in [-0.05, 0) is 51.2 Å². The molecule has 3 aliphatic rings. The minimum absolute atomic E-state index is 0.182. The highest BCUT2D eigenvalue weighted by Crippen LogP contribution is 2.44. The van der Waals surface area contributed by atoms with Gasteiger partial charge in [0.1, 0.15) is 11.3 Å². The highest BCUT2D eigenvalue weighted by Gasteiger charge is 2.50. The second-order valence-corrected chi connectivity index (χ2v) is 13.8. The predicted octanol–water partition coefficient (Wildman–Crippen LogP) is 4.33. The Kier molecular flexibility index (Phi) is 9.00. The van der Waals surface area contributed by atoms with Crippen LogP contribution in [-0.4, -0.2) is 92.7 Å². The Morgan fingerprint density at radius 2 is 2.06 bits per heavy atom. The van der Waals surface area contributed by atoms with Gasteiger partial charge in [-0.2, -0.15) is 5.10 Å². The van der Waals surface area contributed by atoms with Crippen LogP contribution < -0.4 is 15.8 Å². The smallest absolute Gasteiger partial charge is 0.404 e. The largest absolute Gasteiger partial charge is 0.465 e. The first-order valence-corrected chi connectivity index (χ1v) is 17.0. The van der Waals surface area contributed by atoms with Crippen molar-refractivity contribution >= 4 is 57.3 Å². The number of nitrogens with zero attached hydrogens (tertiary/aromatic N) is 7. The summed E-state index contributed by atoms with van der Waals surface area (Å²) in [4.78, 5) is 42.0. The number of hydrogen-bond donors (Lipinski definition) is 2. The molecule has 14 nitrogen and oxygen atoms in total. The average Bonchev–Trinajstić information content (AvgIpc) is 3.58. The van der Waals surface area contributed by atoms with Crippen LogP contribution in [0, 0.1) is 5.41 Å². The van der Waals surface area contributed by atoms with Crippen molar-refractivity contribution in [3.8, 4) is 0 Å². The van der Waals surface area contributed by atoms with Crippen LogP contribution in [0.2, 0.25) is 5.02 Å². The fourth-order valence-electron chi connectivity index (χ4n) is 6.95. The number of halogens is 1. The van der Waals surface area contributed by atoms with Gasteiger partial charge in [0.2, 0.25) is 0 Å². The average molecular weight is 685 g/mol. The van der Waals surface area contributed by atoms with Crippen LogP contribution in [-0.2, 0) is 20.8 Å². The number of benzene rings is 1. The van der Waals surface area contributed by atoms with Crippen molar-refractivity contribution in [3.05, 3.63) is 40.0 Å². The molecule has 250 valence electrons. The summed E-state index contributed by atoms with van der Waals surface area (Å²) in [6, 6.07) is 3.37. The number of fused-ring (bicyclic) bond motifs is 2. The summed E-state index contributed by atoms with van der Waals surface area (Å²) in [5, 5.41) is 18.4. The minimum atomic E-state index is -1.03. The van der Waals surface area contributed by atoms with E-state index >= 15 is 0 Å². The van der Waals surface area contributed by atoms with E-state index in [1.165, 1.54) is 22.7 Å². The molecule has 3 aromatic heterocycles. The highest BCUT2D eigenvalue weighted by molar-refractivity contribution is 7.99. The van der Waals surface area contributed by atoms with Gasteiger partial charge in [0.25, 0.3) is 5.56 Å². The number of carbonyl (C=O) groups is 1. The number of amides is 1. The summed E-state index contributed by atoms with van der Waals surface area (Å²) in [6.45, 7) is 5.20. The first kappa shape index (κ1) is 32.1. The van der Waals surface area contributed by atoms with Gasteiger partial charge in [-0.15, -0.1) is 0 Å². The zero-order chi connectivity index (χ0) is 32.7. The van der Waals surface area contributed by atoms with E-state index in [0.717, 1.165) is 37.9 Å². The van der Waals surface area contributed by atoms with E-state index in [2.05, 4.69) is 15.2 Å². The van der Waals surface area contributed by atoms with Crippen LogP contribution in [0.5, 0.6) is 0 Å². The van der Waals surface area contributed by atoms with E-state index in [0.29, 0.717) is 76.5 Å². The molecule has 1 spiro atoms. The van der Waals surface area contributed by atoms with Crippen LogP contribution in [0.3, 0.4) is 0 Å². The topological polar surface area (TPSA) is 159 Å². The summed E-state index contributed by atoms with van der Waals surface area (Å²) in [5.41, 5.74) is 1.25. The monoisotopic (exact) mass is 684 g/mol. The Morgan fingerprint density at radius 3 is 2.81 bits per heavy atom. The van der Waals surface area contributed by atoms with Crippen molar-refractivity contribution in [1.29, 1.82) is 0 Å². The number of anilines is 1. The number of ether oxygens (including phenoxy) is 3. The molecule has 47 heavy (non-hydrogen) atoms. The van der Waals surface area contributed by atoms with E-state index in [1.54, 1.807) is 19.4 Å².